The Labute approximate surface area is 159 Å². The number of rotatable bonds is 5. The second-order valence-corrected chi connectivity index (χ2v) is 7.28. The number of piperidine rings is 1. The first kappa shape index (κ1) is 17.3. The summed E-state index contributed by atoms with van der Waals surface area (Å²) in [5, 5.41) is 13.4. The highest BCUT2D eigenvalue weighted by Crippen LogP contribution is 2.24. The number of benzene rings is 2. The van der Waals surface area contributed by atoms with Crippen LogP contribution in [0.3, 0.4) is 0 Å². The Balaban J connectivity index is 1.41. The van der Waals surface area contributed by atoms with Crippen LogP contribution in [0.15, 0.2) is 54.7 Å². The maximum Gasteiger partial charge on any atom is 0.113 e. The summed E-state index contributed by atoms with van der Waals surface area (Å²) in [5.41, 5.74) is 4.33. The lowest BCUT2D eigenvalue weighted by atomic mass is 10.0. The van der Waals surface area contributed by atoms with Crippen LogP contribution in [0.2, 0.25) is 5.02 Å². The molecule has 1 N–H and O–H groups in total. The lowest BCUT2D eigenvalue weighted by molar-refractivity contribution is 0.351. The molecule has 1 aliphatic rings. The van der Waals surface area contributed by atoms with Gasteiger partial charge in [0, 0.05) is 16.6 Å². The summed E-state index contributed by atoms with van der Waals surface area (Å²) < 4.78 is 0. The van der Waals surface area contributed by atoms with Crippen LogP contribution in [-0.2, 0) is 6.54 Å². The highest BCUT2D eigenvalue weighted by Gasteiger charge is 2.13. The molecule has 2 aromatic carbocycles. The Bertz CT molecular complexity index is 833. The second-order valence-electron chi connectivity index (χ2n) is 6.85. The van der Waals surface area contributed by atoms with Gasteiger partial charge >= 0.3 is 0 Å². The van der Waals surface area contributed by atoms with Crippen molar-refractivity contribution in [3.63, 3.8) is 0 Å². The van der Waals surface area contributed by atoms with Crippen molar-refractivity contribution < 1.29 is 0 Å². The molecule has 3 aromatic rings. The molecule has 0 spiro atoms. The molecule has 1 unspecified atom stereocenters. The molecule has 1 fully saturated rings. The fourth-order valence-corrected chi connectivity index (χ4v) is 3.58. The summed E-state index contributed by atoms with van der Waals surface area (Å²) in [6.45, 7) is 2.00. The van der Waals surface area contributed by atoms with Crippen LogP contribution >= 0.6 is 11.6 Å². The molecule has 1 atom stereocenters. The zero-order valence-corrected chi connectivity index (χ0v) is 15.5. The largest absolute Gasteiger partial charge is 0.314 e. The minimum absolute atomic E-state index is 0.608. The van der Waals surface area contributed by atoms with Gasteiger partial charge in [0.1, 0.15) is 5.69 Å². The van der Waals surface area contributed by atoms with Gasteiger partial charge in [0.05, 0.1) is 12.7 Å². The van der Waals surface area contributed by atoms with Gasteiger partial charge in [-0.1, -0.05) is 54.4 Å². The van der Waals surface area contributed by atoms with E-state index >= 15 is 0 Å². The van der Waals surface area contributed by atoms with Gasteiger partial charge in [-0.2, -0.15) is 15.0 Å². The van der Waals surface area contributed by atoms with E-state index in [0.29, 0.717) is 6.04 Å². The predicted octanol–water partition coefficient (Wildman–Crippen LogP) is 4.80. The van der Waals surface area contributed by atoms with Crippen molar-refractivity contribution >= 4 is 11.6 Å². The molecule has 4 nitrogen and oxygen atoms in total. The molecule has 1 saturated heterocycles. The van der Waals surface area contributed by atoms with Crippen molar-refractivity contribution in [2.45, 2.75) is 38.3 Å². The van der Waals surface area contributed by atoms with E-state index in [2.05, 4.69) is 39.8 Å². The van der Waals surface area contributed by atoms with E-state index in [1.54, 1.807) is 0 Å². The van der Waals surface area contributed by atoms with Crippen LogP contribution in [0.25, 0.3) is 22.4 Å². The van der Waals surface area contributed by atoms with Crippen LogP contribution in [0.5, 0.6) is 0 Å². The second kappa shape index (κ2) is 8.02. The Kier molecular flexibility index (Phi) is 5.32. The van der Waals surface area contributed by atoms with Crippen LogP contribution in [0.4, 0.5) is 0 Å². The summed E-state index contributed by atoms with van der Waals surface area (Å²) in [6.07, 6.45) is 6.83. The number of aromatic nitrogens is 3. The number of hydrogen-bond acceptors (Lipinski definition) is 3. The zero-order valence-electron chi connectivity index (χ0n) is 14.7. The molecular formula is C21H23ClN4. The topological polar surface area (TPSA) is 42.7 Å². The van der Waals surface area contributed by atoms with Gasteiger partial charge in [-0.05, 0) is 49.1 Å². The maximum absolute atomic E-state index is 5.96. The smallest absolute Gasteiger partial charge is 0.113 e. The van der Waals surface area contributed by atoms with E-state index in [1.165, 1.54) is 24.8 Å². The summed E-state index contributed by atoms with van der Waals surface area (Å²) >= 11 is 5.96. The van der Waals surface area contributed by atoms with Crippen LogP contribution in [0.1, 0.15) is 25.7 Å². The van der Waals surface area contributed by atoms with Crippen LogP contribution < -0.4 is 5.32 Å². The van der Waals surface area contributed by atoms with Crippen molar-refractivity contribution in [3.05, 3.63) is 59.8 Å². The summed E-state index contributed by atoms with van der Waals surface area (Å²) in [7, 11) is 0. The minimum atomic E-state index is 0.608. The third kappa shape index (κ3) is 4.14. The number of hydrogen-bond donors (Lipinski definition) is 1. The quantitative estimate of drug-likeness (QED) is 0.705. The Morgan fingerprint density at radius 1 is 0.962 bits per heavy atom. The number of halogens is 1. The summed E-state index contributed by atoms with van der Waals surface area (Å²) in [5.74, 6) is 0. The van der Waals surface area contributed by atoms with Crippen molar-refractivity contribution in [3.8, 4) is 22.4 Å². The first-order valence-electron chi connectivity index (χ1n) is 9.28. The van der Waals surface area contributed by atoms with Gasteiger partial charge in [-0.15, -0.1) is 0 Å². The fraction of sp³-hybridized carbons (Fsp3) is 0.333. The van der Waals surface area contributed by atoms with Gasteiger partial charge in [-0.3, -0.25) is 0 Å². The molecule has 0 bridgehead atoms. The molecule has 1 aromatic heterocycles. The minimum Gasteiger partial charge on any atom is -0.314 e. The standard InChI is InChI=1S/C21H23ClN4/c22-19-10-8-17(9-11-19)16-4-6-18(7-5-16)21-15-24-26(25-21)14-12-20-3-1-2-13-23-20/h4-11,15,20,23H,1-3,12-14H2. The van der Waals surface area contributed by atoms with Gasteiger partial charge in [0.25, 0.3) is 0 Å². The molecule has 0 aliphatic carbocycles. The van der Waals surface area contributed by atoms with E-state index in [0.717, 1.165) is 41.4 Å². The number of aryl methyl sites for hydroxylation is 1. The van der Waals surface area contributed by atoms with E-state index in [4.69, 9.17) is 11.6 Å². The summed E-state index contributed by atoms with van der Waals surface area (Å²) in [6, 6.07) is 16.9. The lowest BCUT2D eigenvalue weighted by Gasteiger charge is -2.22. The first-order chi connectivity index (χ1) is 12.8. The molecule has 5 heteroatoms. The molecule has 1 aliphatic heterocycles. The van der Waals surface area contributed by atoms with Crippen LogP contribution in [-0.4, -0.2) is 27.6 Å². The van der Waals surface area contributed by atoms with E-state index in [-0.39, 0.29) is 0 Å². The van der Waals surface area contributed by atoms with Crippen molar-refractivity contribution in [1.29, 1.82) is 0 Å². The number of nitrogens with zero attached hydrogens (tertiary/aromatic N) is 3. The average molecular weight is 367 g/mol. The molecule has 2 heterocycles. The highest BCUT2D eigenvalue weighted by atomic mass is 35.5. The lowest BCUT2D eigenvalue weighted by Crippen LogP contribution is -2.34. The van der Waals surface area contributed by atoms with Crippen molar-refractivity contribution in [1.82, 2.24) is 20.3 Å². The SMILES string of the molecule is Clc1ccc(-c2ccc(-c3cnn(CCC4CCCCN4)n3)cc2)cc1. The van der Waals surface area contributed by atoms with Crippen molar-refractivity contribution in [2.75, 3.05) is 6.54 Å². The molecular weight excluding hydrogens is 344 g/mol. The van der Waals surface area contributed by atoms with Crippen LogP contribution in [0, 0.1) is 0 Å². The van der Waals surface area contributed by atoms with Gasteiger partial charge in [-0.25, -0.2) is 0 Å². The number of nitrogens with one attached hydrogen (secondary N) is 1. The Hall–Kier alpha value is -2.17. The Morgan fingerprint density at radius 2 is 1.65 bits per heavy atom. The van der Waals surface area contributed by atoms with E-state index < -0.39 is 0 Å². The predicted molar refractivity (Wildman–Crippen MR) is 106 cm³/mol. The molecule has 0 amide bonds. The fourth-order valence-electron chi connectivity index (χ4n) is 3.45. The molecule has 26 heavy (non-hydrogen) atoms. The van der Waals surface area contributed by atoms with Gasteiger partial charge in [0.15, 0.2) is 0 Å². The monoisotopic (exact) mass is 366 g/mol. The first-order valence-corrected chi connectivity index (χ1v) is 9.66. The van der Waals surface area contributed by atoms with E-state index in [9.17, 15) is 0 Å². The Morgan fingerprint density at radius 3 is 2.35 bits per heavy atom. The molecule has 0 radical (unpaired) electrons. The zero-order chi connectivity index (χ0) is 17.8. The van der Waals surface area contributed by atoms with Crippen molar-refractivity contribution in [2.24, 2.45) is 0 Å². The van der Waals surface area contributed by atoms with Gasteiger partial charge < -0.3 is 5.32 Å². The third-order valence-electron chi connectivity index (χ3n) is 4.98. The maximum atomic E-state index is 5.96. The molecule has 0 saturated carbocycles. The average Bonchev–Trinajstić information content (AvgIpc) is 3.17. The van der Waals surface area contributed by atoms with E-state index in [1.807, 2.05) is 35.3 Å². The molecule has 134 valence electrons. The van der Waals surface area contributed by atoms with Gasteiger partial charge in [0.2, 0.25) is 0 Å². The normalized spacial score (nSPS) is 17.3. The summed E-state index contributed by atoms with van der Waals surface area (Å²) in [4.78, 5) is 1.82. The molecule has 4 rings (SSSR count). The third-order valence-corrected chi connectivity index (χ3v) is 5.24. The highest BCUT2D eigenvalue weighted by molar-refractivity contribution is 6.30.